The minimum absolute atomic E-state index is 0.0997. The minimum atomic E-state index is -0.805. The third kappa shape index (κ3) is 66.0. The zero-order valence-corrected chi connectivity index (χ0v) is 52.5. The highest BCUT2D eigenvalue weighted by Gasteiger charge is 2.19. The zero-order chi connectivity index (χ0) is 58.5. The summed E-state index contributed by atoms with van der Waals surface area (Å²) in [6.07, 6.45) is 97.1. The van der Waals surface area contributed by atoms with Crippen molar-refractivity contribution in [3.63, 3.8) is 0 Å². The number of carbonyl (C=O) groups excluding carboxylic acids is 3. The molecule has 0 heterocycles. The Hall–Kier alpha value is -4.71. The molecule has 0 spiro atoms. The molecule has 0 radical (unpaired) electrons. The van der Waals surface area contributed by atoms with Crippen LogP contribution >= 0.6 is 0 Å². The van der Waals surface area contributed by atoms with Crippen molar-refractivity contribution in [2.45, 2.75) is 297 Å². The first-order valence-corrected chi connectivity index (χ1v) is 33.3. The largest absolute Gasteiger partial charge is 0.462 e. The number of hydrogen-bond acceptors (Lipinski definition) is 6. The Morgan fingerprint density at radius 2 is 0.481 bits per heavy atom. The Bertz CT molecular complexity index is 1760. The smallest absolute Gasteiger partial charge is 0.306 e. The maximum Gasteiger partial charge on any atom is 0.306 e. The lowest BCUT2D eigenvalue weighted by Crippen LogP contribution is -2.30. The number of esters is 3. The van der Waals surface area contributed by atoms with Crippen LogP contribution in [-0.2, 0) is 28.6 Å². The molecule has 1 atom stereocenters. The molecule has 0 N–H and O–H groups in total. The maximum absolute atomic E-state index is 12.9. The van der Waals surface area contributed by atoms with Gasteiger partial charge in [-0.2, -0.15) is 0 Å². The number of allylic oxidation sites excluding steroid dienone is 24. The number of hydrogen-bond donors (Lipinski definition) is 0. The zero-order valence-electron chi connectivity index (χ0n) is 52.5. The van der Waals surface area contributed by atoms with E-state index in [4.69, 9.17) is 14.2 Å². The van der Waals surface area contributed by atoms with Crippen LogP contribution in [0.1, 0.15) is 290 Å². The van der Waals surface area contributed by atoms with Crippen LogP contribution in [0.15, 0.2) is 146 Å². The minimum Gasteiger partial charge on any atom is -0.462 e. The van der Waals surface area contributed by atoms with Crippen LogP contribution in [0.3, 0.4) is 0 Å². The molecule has 0 fully saturated rings. The summed E-state index contributed by atoms with van der Waals surface area (Å²) in [4.78, 5) is 38.4. The molecule has 458 valence electrons. The number of ether oxygens (including phenoxy) is 3. The van der Waals surface area contributed by atoms with Gasteiger partial charge in [-0.1, -0.05) is 269 Å². The highest BCUT2D eigenvalue weighted by Crippen LogP contribution is 2.14. The fourth-order valence-electron chi connectivity index (χ4n) is 8.81. The summed E-state index contributed by atoms with van der Waals surface area (Å²) in [5.74, 6) is -0.939. The summed E-state index contributed by atoms with van der Waals surface area (Å²) < 4.78 is 16.9. The molecule has 0 aromatic carbocycles. The van der Waals surface area contributed by atoms with Crippen molar-refractivity contribution in [2.75, 3.05) is 13.2 Å². The average molecular weight is 1120 g/mol. The van der Waals surface area contributed by atoms with Gasteiger partial charge in [-0.3, -0.25) is 14.4 Å². The first-order valence-electron chi connectivity index (χ1n) is 33.3. The van der Waals surface area contributed by atoms with Crippen LogP contribution in [-0.4, -0.2) is 37.2 Å². The number of unbranched alkanes of at least 4 members (excludes halogenated alkanes) is 24. The van der Waals surface area contributed by atoms with Crippen LogP contribution in [0.2, 0.25) is 0 Å². The van der Waals surface area contributed by atoms with E-state index in [0.717, 1.165) is 173 Å². The highest BCUT2D eigenvalue weighted by molar-refractivity contribution is 5.71. The first-order chi connectivity index (χ1) is 40.0. The van der Waals surface area contributed by atoms with E-state index >= 15 is 0 Å². The van der Waals surface area contributed by atoms with E-state index in [1.54, 1.807) is 0 Å². The van der Waals surface area contributed by atoms with Gasteiger partial charge in [0.2, 0.25) is 0 Å². The Morgan fingerprint density at radius 1 is 0.259 bits per heavy atom. The molecule has 0 aromatic rings. The third-order valence-electron chi connectivity index (χ3n) is 13.8. The van der Waals surface area contributed by atoms with Gasteiger partial charge in [-0.25, -0.2) is 0 Å². The first kappa shape index (κ1) is 76.3. The van der Waals surface area contributed by atoms with E-state index in [-0.39, 0.29) is 31.1 Å². The molecule has 0 aliphatic carbocycles. The lowest BCUT2D eigenvalue weighted by Gasteiger charge is -2.18. The Morgan fingerprint density at radius 3 is 0.753 bits per heavy atom. The van der Waals surface area contributed by atoms with E-state index < -0.39 is 6.10 Å². The van der Waals surface area contributed by atoms with Gasteiger partial charge in [-0.15, -0.1) is 0 Å². The van der Waals surface area contributed by atoms with E-state index in [2.05, 4.69) is 167 Å². The van der Waals surface area contributed by atoms with Gasteiger partial charge in [0.15, 0.2) is 6.10 Å². The fourth-order valence-corrected chi connectivity index (χ4v) is 8.81. The second kappa shape index (κ2) is 67.8. The molecule has 81 heavy (non-hydrogen) atoms. The Kier molecular flexibility index (Phi) is 63.9. The predicted molar refractivity (Wildman–Crippen MR) is 352 cm³/mol. The van der Waals surface area contributed by atoms with Crippen LogP contribution in [0.5, 0.6) is 0 Å². The molecule has 0 amide bonds. The topological polar surface area (TPSA) is 78.9 Å². The van der Waals surface area contributed by atoms with Crippen molar-refractivity contribution < 1.29 is 28.6 Å². The summed E-state index contributed by atoms with van der Waals surface area (Å²) in [7, 11) is 0. The van der Waals surface area contributed by atoms with Crippen molar-refractivity contribution in [3.8, 4) is 0 Å². The van der Waals surface area contributed by atoms with Crippen molar-refractivity contribution in [1.82, 2.24) is 0 Å². The summed E-state index contributed by atoms with van der Waals surface area (Å²) in [5, 5.41) is 0. The van der Waals surface area contributed by atoms with Crippen LogP contribution in [0.4, 0.5) is 0 Å². The second-order valence-corrected chi connectivity index (χ2v) is 21.6. The van der Waals surface area contributed by atoms with Gasteiger partial charge in [0.05, 0.1) is 0 Å². The second-order valence-electron chi connectivity index (χ2n) is 21.6. The Labute approximate surface area is 499 Å². The molecular weight excluding hydrogens is 997 g/mol. The van der Waals surface area contributed by atoms with E-state index in [1.165, 1.54) is 77.0 Å². The van der Waals surface area contributed by atoms with E-state index in [0.29, 0.717) is 19.3 Å². The van der Waals surface area contributed by atoms with Crippen LogP contribution in [0, 0.1) is 0 Å². The molecule has 0 aliphatic heterocycles. The van der Waals surface area contributed by atoms with Crippen molar-refractivity contribution in [3.05, 3.63) is 146 Å². The number of rotatable bonds is 59. The molecule has 0 saturated carbocycles. The van der Waals surface area contributed by atoms with Crippen LogP contribution in [0.25, 0.3) is 0 Å². The molecule has 6 nitrogen and oxygen atoms in total. The molecule has 0 aromatic heterocycles. The van der Waals surface area contributed by atoms with Gasteiger partial charge < -0.3 is 14.2 Å². The van der Waals surface area contributed by atoms with Crippen molar-refractivity contribution >= 4 is 17.9 Å². The van der Waals surface area contributed by atoms with Gasteiger partial charge in [0, 0.05) is 19.3 Å². The van der Waals surface area contributed by atoms with Gasteiger partial charge in [0.25, 0.3) is 0 Å². The normalized spacial score (nSPS) is 13.1. The molecule has 0 rings (SSSR count). The van der Waals surface area contributed by atoms with E-state index in [9.17, 15) is 14.4 Å². The van der Waals surface area contributed by atoms with Gasteiger partial charge in [-0.05, 0) is 148 Å². The van der Waals surface area contributed by atoms with Crippen LogP contribution < -0.4 is 0 Å². The maximum atomic E-state index is 12.9. The molecule has 0 saturated heterocycles. The number of carbonyl (C=O) groups is 3. The summed E-state index contributed by atoms with van der Waals surface area (Å²) in [6.45, 7) is 6.46. The lowest BCUT2D eigenvalue weighted by molar-refractivity contribution is -0.167. The quantitative estimate of drug-likeness (QED) is 0.0261. The molecule has 1 unspecified atom stereocenters. The SMILES string of the molecule is CC/C=C\C/C=C\C/C=C\C/C=C\C/C=C\C/C=C\C/C=C\C/C=C\CCCCCCCCC(=O)OCC(COC(=O)CCCCCCC/C=C\C/C=C\CCCCCC)OC(=O)CCCCCCC/C=C\C/C=C\CCCCCC. The summed E-state index contributed by atoms with van der Waals surface area (Å²) >= 11 is 0. The highest BCUT2D eigenvalue weighted by atomic mass is 16.6. The standard InChI is InChI=1S/C75H122O6/c1-4-7-10-13-16-19-22-25-28-31-32-33-34-35-36-37-38-39-40-41-42-43-44-45-48-50-53-56-59-62-65-68-74(77)80-71-72(81-75(78)69-66-63-60-57-54-51-47-30-27-24-21-18-15-12-9-6-3)70-79-73(76)67-64-61-58-55-52-49-46-29-26-23-20-17-14-11-8-5-2/h7,10,16,19-21,23-25,28-30,32-33,35-36,38-39,41-42,44-47,72H,4-6,8-9,11-15,17-18,22,26-27,31,34,37,40,43,48-71H2,1-3H3/b10-7-,19-16-,23-20-,24-21-,28-25-,33-32-,36-35-,39-38-,42-41-,45-44-,46-29-,47-30-. The summed E-state index contributed by atoms with van der Waals surface area (Å²) in [5.41, 5.74) is 0. The van der Waals surface area contributed by atoms with Gasteiger partial charge in [0.1, 0.15) is 13.2 Å². The molecule has 0 aliphatic rings. The fraction of sp³-hybridized carbons (Fsp3) is 0.640. The Balaban J connectivity index is 4.40. The average Bonchev–Trinajstić information content (AvgIpc) is 3.47. The lowest BCUT2D eigenvalue weighted by atomic mass is 10.1. The molecule has 0 bridgehead atoms. The van der Waals surface area contributed by atoms with Crippen molar-refractivity contribution in [2.24, 2.45) is 0 Å². The molecule has 6 heteroatoms. The summed E-state index contributed by atoms with van der Waals surface area (Å²) in [6, 6.07) is 0. The van der Waals surface area contributed by atoms with E-state index in [1.807, 2.05) is 0 Å². The molecular formula is C75H122O6. The predicted octanol–water partition coefficient (Wildman–Crippen LogP) is 23.1. The third-order valence-corrected chi connectivity index (χ3v) is 13.8. The monoisotopic (exact) mass is 1120 g/mol. The van der Waals surface area contributed by atoms with Gasteiger partial charge >= 0.3 is 17.9 Å². The van der Waals surface area contributed by atoms with Crippen molar-refractivity contribution in [1.29, 1.82) is 0 Å².